The van der Waals surface area contributed by atoms with E-state index in [4.69, 9.17) is 32.7 Å². The van der Waals surface area contributed by atoms with E-state index in [1.165, 1.54) is 4.68 Å². The van der Waals surface area contributed by atoms with Gasteiger partial charge in [0.1, 0.15) is 5.69 Å². The molecular weight excluding hydrogens is 416 g/mol. The molecule has 0 bridgehead atoms. The van der Waals surface area contributed by atoms with Crippen LogP contribution in [0.15, 0.2) is 18.3 Å². The van der Waals surface area contributed by atoms with Crippen molar-refractivity contribution in [3.8, 4) is 5.69 Å². The van der Waals surface area contributed by atoms with Gasteiger partial charge in [0.25, 0.3) is 0 Å². The van der Waals surface area contributed by atoms with E-state index in [-0.39, 0.29) is 21.1 Å². The molecule has 2 aliphatic rings. The maximum Gasteiger partial charge on any atom is 0.416 e. The van der Waals surface area contributed by atoms with Gasteiger partial charge in [-0.15, -0.1) is 0 Å². The molecule has 1 saturated heterocycles. The molecule has 0 saturated carbocycles. The maximum atomic E-state index is 13.0. The van der Waals surface area contributed by atoms with Crippen molar-refractivity contribution in [2.75, 3.05) is 13.2 Å². The van der Waals surface area contributed by atoms with Crippen LogP contribution in [-0.2, 0) is 28.5 Å². The molecule has 1 aromatic carbocycles. The molecule has 1 aromatic heterocycles. The molecule has 2 aromatic rings. The predicted octanol–water partition coefficient (Wildman–Crippen LogP) is 5.46. The van der Waals surface area contributed by atoms with E-state index in [2.05, 4.69) is 18.9 Å². The Hall–Kier alpha value is -1.28. The zero-order valence-electron chi connectivity index (χ0n) is 15.4. The molecule has 0 N–H and O–H groups in total. The Bertz CT molecular complexity index is 891. The number of hydrogen-bond donors (Lipinski definition) is 0. The van der Waals surface area contributed by atoms with Crippen molar-refractivity contribution in [3.63, 3.8) is 0 Å². The first-order valence-electron chi connectivity index (χ1n) is 8.90. The Morgan fingerprint density at radius 3 is 2.29 bits per heavy atom. The van der Waals surface area contributed by atoms with Gasteiger partial charge in [0.05, 0.1) is 34.5 Å². The van der Waals surface area contributed by atoms with Crippen molar-refractivity contribution >= 4 is 23.2 Å². The Labute approximate surface area is 170 Å². The van der Waals surface area contributed by atoms with E-state index < -0.39 is 17.5 Å². The van der Waals surface area contributed by atoms with Gasteiger partial charge >= 0.3 is 6.18 Å². The highest BCUT2D eigenvalue weighted by atomic mass is 35.5. The fraction of sp³-hybridized carbons (Fsp3) is 0.526. The lowest BCUT2D eigenvalue weighted by molar-refractivity contribution is -0.302. The fourth-order valence-electron chi connectivity index (χ4n) is 3.54. The van der Waals surface area contributed by atoms with E-state index in [1.54, 1.807) is 6.20 Å². The monoisotopic (exact) mass is 434 g/mol. The summed E-state index contributed by atoms with van der Waals surface area (Å²) in [7, 11) is 0. The Morgan fingerprint density at radius 1 is 1.11 bits per heavy atom. The third kappa shape index (κ3) is 3.65. The highest BCUT2D eigenvalue weighted by molar-refractivity contribution is 6.37. The van der Waals surface area contributed by atoms with Crippen molar-refractivity contribution in [1.82, 2.24) is 9.78 Å². The second-order valence-electron chi connectivity index (χ2n) is 8.16. The van der Waals surface area contributed by atoms with Crippen LogP contribution in [0, 0.1) is 5.41 Å². The van der Waals surface area contributed by atoms with E-state index >= 15 is 0 Å². The van der Waals surface area contributed by atoms with Gasteiger partial charge in [0.15, 0.2) is 5.79 Å². The number of rotatable bonds is 1. The van der Waals surface area contributed by atoms with Gasteiger partial charge in [-0.3, -0.25) is 0 Å². The SMILES string of the molecule is CC1(C)COC2(CCc3nn(-c4c(Cl)cc(C(F)(F)F)cc4Cl)cc3C2)OC1. The van der Waals surface area contributed by atoms with Crippen molar-refractivity contribution in [2.45, 2.75) is 45.1 Å². The molecule has 9 heteroatoms. The number of aromatic nitrogens is 2. The van der Waals surface area contributed by atoms with Gasteiger partial charge in [-0.05, 0) is 24.1 Å². The summed E-state index contributed by atoms with van der Waals surface area (Å²) in [6, 6.07) is 1.72. The minimum absolute atomic E-state index is 0.0308. The summed E-state index contributed by atoms with van der Waals surface area (Å²) < 4.78 is 52.4. The normalized spacial score (nSPS) is 21.0. The Morgan fingerprint density at radius 2 is 1.71 bits per heavy atom. The van der Waals surface area contributed by atoms with Crippen LogP contribution in [-0.4, -0.2) is 28.8 Å². The second-order valence-corrected chi connectivity index (χ2v) is 8.98. The number of benzene rings is 1. The smallest absolute Gasteiger partial charge is 0.349 e. The van der Waals surface area contributed by atoms with Crippen LogP contribution in [0.3, 0.4) is 0 Å². The van der Waals surface area contributed by atoms with Crippen molar-refractivity contribution in [3.05, 3.63) is 45.2 Å². The van der Waals surface area contributed by atoms with Gasteiger partial charge in [0.2, 0.25) is 0 Å². The summed E-state index contributed by atoms with van der Waals surface area (Å²) in [6.45, 7) is 5.38. The van der Waals surface area contributed by atoms with Crippen molar-refractivity contribution in [1.29, 1.82) is 0 Å². The molecular formula is C19H19Cl2F3N2O2. The quantitative estimate of drug-likeness (QED) is 0.597. The first kappa shape index (κ1) is 20.0. The molecule has 1 aliphatic heterocycles. The number of aryl methyl sites for hydroxylation is 1. The minimum atomic E-state index is -4.52. The summed E-state index contributed by atoms with van der Waals surface area (Å²) in [5, 5.41) is 4.28. The molecule has 2 heterocycles. The second kappa shape index (κ2) is 6.62. The molecule has 1 fully saturated rings. The number of alkyl halides is 3. The van der Waals surface area contributed by atoms with E-state index in [0.29, 0.717) is 32.5 Å². The standard InChI is InChI=1S/C19H19Cl2F3N2O2/c1-17(2)9-27-18(28-10-17)4-3-15-11(7-18)8-26(25-15)16-13(20)5-12(6-14(16)21)19(22,23)24/h5-6,8H,3-4,7,9-10H2,1-2H3. The largest absolute Gasteiger partial charge is 0.416 e. The number of nitrogens with zero attached hydrogens (tertiary/aromatic N) is 2. The van der Waals surface area contributed by atoms with Gasteiger partial charge < -0.3 is 9.47 Å². The van der Waals surface area contributed by atoms with E-state index in [1.807, 2.05) is 0 Å². The average Bonchev–Trinajstić information content (AvgIpc) is 2.99. The minimum Gasteiger partial charge on any atom is -0.349 e. The molecule has 4 nitrogen and oxygen atoms in total. The molecule has 152 valence electrons. The maximum absolute atomic E-state index is 13.0. The molecule has 28 heavy (non-hydrogen) atoms. The van der Waals surface area contributed by atoms with Crippen LogP contribution in [0.25, 0.3) is 5.69 Å². The van der Waals surface area contributed by atoms with Crippen molar-refractivity contribution in [2.24, 2.45) is 5.41 Å². The molecule has 4 rings (SSSR count). The van der Waals surface area contributed by atoms with Crippen LogP contribution in [0.4, 0.5) is 13.2 Å². The van der Waals surface area contributed by atoms with Gasteiger partial charge in [-0.1, -0.05) is 37.0 Å². The summed E-state index contributed by atoms with van der Waals surface area (Å²) in [5.41, 5.74) is 1.06. The summed E-state index contributed by atoms with van der Waals surface area (Å²) in [4.78, 5) is 0. The molecule has 0 radical (unpaired) electrons. The van der Waals surface area contributed by atoms with Gasteiger partial charge in [-0.2, -0.15) is 18.3 Å². The molecule has 0 unspecified atom stereocenters. The lowest BCUT2D eigenvalue weighted by Crippen LogP contribution is -2.50. The van der Waals surface area contributed by atoms with Gasteiger partial charge in [-0.25, -0.2) is 4.68 Å². The first-order valence-corrected chi connectivity index (χ1v) is 9.66. The first-order chi connectivity index (χ1) is 13.0. The van der Waals surface area contributed by atoms with Crippen LogP contribution in [0.2, 0.25) is 10.0 Å². The average molecular weight is 435 g/mol. The van der Waals surface area contributed by atoms with E-state index in [0.717, 1.165) is 23.4 Å². The van der Waals surface area contributed by atoms with Crippen LogP contribution in [0.5, 0.6) is 0 Å². The zero-order chi connectivity index (χ0) is 20.3. The van der Waals surface area contributed by atoms with Crippen LogP contribution < -0.4 is 0 Å². The van der Waals surface area contributed by atoms with Crippen LogP contribution >= 0.6 is 23.2 Å². The van der Waals surface area contributed by atoms with Crippen molar-refractivity contribution < 1.29 is 22.6 Å². The number of hydrogen-bond acceptors (Lipinski definition) is 3. The van der Waals surface area contributed by atoms with Crippen LogP contribution in [0.1, 0.15) is 37.1 Å². The fourth-order valence-corrected chi connectivity index (χ4v) is 4.20. The number of ether oxygens (including phenoxy) is 2. The number of fused-ring (bicyclic) bond motifs is 1. The number of halogens is 5. The Kier molecular flexibility index (Phi) is 4.73. The zero-order valence-corrected chi connectivity index (χ0v) is 16.9. The highest BCUT2D eigenvalue weighted by Crippen LogP contribution is 2.40. The lowest BCUT2D eigenvalue weighted by Gasteiger charge is -2.45. The molecule has 1 aliphatic carbocycles. The van der Waals surface area contributed by atoms with Gasteiger partial charge in [0, 0.05) is 24.5 Å². The predicted molar refractivity (Wildman–Crippen MR) is 99.0 cm³/mol. The highest BCUT2D eigenvalue weighted by Gasteiger charge is 2.43. The summed E-state index contributed by atoms with van der Waals surface area (Å²) in [6.07, 6.45) is -0.956. The molecule has 1 spiro atoms. The third-order valence-electron chi connectivity index (χ3n) is 5.10. The summed E-state index contributed by atoms with van der Waals surface area (Å²) >= 11 is 12.2. The Balaban J connectivity index is 1.64. The topological polar surface area (TPSA) is 36.3 Å². The summed E-state index contributed by atoms with van der Waals surface area (Å²) in [5.74, 6) is -0.676. The molecule has 0 atom stereocenters. The lowest BCUT2D eigenvalue weighted by atomic mass is 9.88. The van der Waals surface area contributed by atoms with E-state index in [9.17, 15) is 13.2 Å². The third-order valence-corrected chi connectivity index (χ3v) is 5.68. The molecule has 0 amide bonds.